The van der Waals surface area contributed by atoms with E-state index in [0.717, 1.165) is 0 Å². The van der Waals surface area contributed by atoms with Gasteiger partial charge >= 0.3 is 17.9 Å². The first-order chi connectivity index (χ1) is 14.2. The highest BCUT2D eigenvalue weighted by atomic mass is 16.4. The summed E-state index contributed by atoms with van der Waals surface area (Å²) in [4.78, 5) is 79.9. The van der Waals surface area contributed by atoms with Crippen LogP contribution in [0, 0.1) is 0 Å². The molecule has 10 N–H and O–H groups in total. The summed E-state index contributed by atoms with van der Waals surface area (Å²) in [6, 6.07) is -6.07. The zero-order chi connectivity index (χ0) is 24.3. The highest BCUT2D eigenvalue weighted by Gasteiger charge is 2.30. The molecule has 0 heterocycles. The smallest absolute Gasteiger partial charge is 0.326 e. The van der Waals surface area contributed by atoms with Crippen LogP contribution in [0.1, 0.15) is 32.6 Å². The van der Waals surface area contributed by atoms with Crippen molar-refractivity contribution in [3.05, 3.63) is 0 Å². The number of carboxylic acid groups (broad SMARTS) is 3. The molecule has 0 radical (unpaired) electrons. The Bertz CT molecular complexity index is 740. The molecule has 31 heavy (non-hydrogen) atoms. The second-order valence-electron chi connectivity index (χ2n) is 6.50. The molecule has 0 aromatic heterocycles. The second-order valence-corrected chi connectivity index (χ2v) is 6.50. The van der Waals surface area contributed by atoms with Crippen LogP contribution in [-0.2, 0) is 33.6 Å². The Kier molecular flexibility index (Phi) is 11.2. The van der Waals surface area contributed by atoms with E-state index in [9.17, 15) is 33.6 Å². The number of rotatable bonds is 14. The van der Waals surface area contributed by atoms with Gasteiger partial charge in [0.2, 0.25) is 23.6 Å². The molecule has 0 aromatic rings. The Morgan fingerprint density at radius 2 is 1.29 bits per heavy atom. The second kappa shape index (κ2) is 12.7. The number of hydrogen-bond donors (Lipinski definition) is 8. The average molecular weight is 447 g/mol. The Balaban J connectivity index is 5.15. The van der Waals surface area contributed by atoms with E-state index in [1.807, 2.05) is 5.32 Å². The lowest BCUT2D eigenvalue weighted by Crippen LogP contribution is -2.56. The fraction of sp³-hybridized carbons (Fsp3) is 0.562. The molecule has 0 fully saturated rings. The molecular formula is C16H25N5O10. The topological polar surface area (TPSA) is 268 Å². The molecule has 0 aliphatic heterocycles. The Morgan fingerprint density at radius 3 is 1.74 bits per heavy atom. The number of nitrogens with two attached hydrogens (primary N) is 2. The summed E-state index contributed by atoms with van der Waals surface area (Å²) in [6.07, 6.45) is -2.35. The number of primary amides is 1. The molecule has 15 nitrogen and oxygen atoms in total. The highest BCUT2D eigenvalue weighted by molar-refractivity contribution is 5.95. The van der Waals surface area contributed by atoms with Crippen molar-refractivity contribution < 1.29 is 48.9 Å². The Labute approximate surface area is 175 Å². The monoisotopic (exact) mass is 447 g/mol. The third kappa shape index (κ3) is 11.1. The number of hydrogen-bond acceptors (Lipinski definition) is 8. The first-order valence-electron chi connectivity index (χ1n) is 8.86. The molecule has 0 aromatic carbocycles. The number of carboxylic acids is 3. The quantitative estimate of drug-likeness (QED) is 0.127. The average Bonchev–Trinajstić information content (AvgIpc) is 2.62. The molecule has 0 rings (SSSR count). The van der Waals surface area contributed by atoms with E-state index in [2.05, 4.69) is 10.6 Å². The van der Waals surface area contributed by atoms with Gasteiger partial charge in [0, 0.05) is 6.42 Å². The summed E-state index contributed by atoms with van der Waals surface area (Å²) in [5, 5.41) is 32.8. The summed E-state index contributed by atoms with van der Waals surface area (Å²) in [6.45, 7) is 1.17. The van der Waals surface area contributed by atoms with Gasteiger partial charge in [-0.15, -0.1) is 0 Å². The van der Waals surface area contributed by atoms with Crippen molar-refractivity contribution in [2.45, 2.75) is 56.8 Å². The van der Waals surface area contributed by atoms with E-state index in [4.69, 9.17) is 26.8 Å². The fourth-order valence-corrected chi connectivity index (χ4v) is 2.16. The molecule has 0 saturated carbocycles. The molecule has 15 heteroatoms. The van der Waals surface area contributed by atoms with Gasteiger partial charge in [-0.1, -0.05) is 0 Å². The normalized spacial score (nSPS) is 14.3. The van der Waals surface area contributed by atoms with Crippen LogP contribution in [0.5, 0.6) is 0 Å². The third-order valence-electron chi connectivity index (χ3n) is 3.79. The minimum absolute atomic E-state index is 0.363. The molecule has 0 saturated heterocycles. The first-order valence-corrected chi connectivity index (χ1v) is 8.86. The summed E-state index contributed by atoms with van der Waals surface area (Å²) >= 11 is 0. The molecular weight excluding hydrogens is 422 g/mol. The van der Waals surface area contributed by atoms with Crippen molar-refractivity contribution in [3.8, 4) is 0 Å². The van der Waals surface area contributed by atoms with E-state index >= 15 is 0 Å². The van der Waals surface area contributed by atoms with Crippen LogP contribution < -0.4 is 27.4 Å². The maximum Gasteiger partial charge on any atom is 0.326 e. The van der Waals surface area contributed by atoms with Gasteiger partial charge in [0.25, 0.3) is 0 Å². The predicted molar refractivity (Wildman–Crippen MR) is 100 cm³/mol. The molecule has 4 unspecified atom stereocenters. The maximum atomic E-state index is 12.3. The van der Waals surface area contributed by atoms with Crippen molar-refractivity contribution in [1.29, 1.82) is 0 Å². The zero-order valence-corrected chi connectivity index (χ0v) is 16.5. The van der Waals surface area contributed by atoms with Crippen LogP contribution in [0.25, 0.3) is 0 Å². The van der Waals surface area contributed by atoms with E-state index in [0.29, 0.717) is 0 Å². The van der Waals surface area contributed by atoms with Crippen molar-refractivity contribution in [3.63, 3.8) is 0 Å². The van der Waals surface area contributed by atoms with Crippen LogP contribution >= 0.6 is 0 Å². The van der Waals surface area contributed by atoms with Gasteiger partial charge in [-0.25, -0.2) is 4.79 Å². The Hall–Kier alpha value is -3.75. The van der Waals surface area contributed by atoms with Gasteiger partial charge < -0.3 is 42.7 Å². The van der Waals surface area contributed by atoms with Crippen molar-refractivity contribution in [2.75, 3.05) is 0 Å². The minimum atomic E-state index is -1.72. The van der Waals surface area contributed by atoms with Gasteiger partial charge in [0.15, 0.2) is 0 Å². The number of aliphatic carboxylic acids is 3. The number of carbonyl (C=O) groups is 7. The van der Waals surface area contributed by atoms with Gasteiger partial charge in [-0.05, 0) is 13.3 Å². The van der Waals surface area contributed by atoms with Gasteiger partial charge in [-0.3, -0.25) is 28.8 Å². The summed E-state index contributed by atoms with van der Waals surface area (Å²) in [5.41, 5.74) is 10.3. The molecule has 0 aliphatic rings. The molecule has 0 spiro atoms. The standard InChI is InChI=1S/C16H25N5O10/c1-6(19-14(28)7(17)4-11(23)24)13(27)21-9(5-12(25)26)15(29)20-8(16(30)31)2-3-10(18)22/h6-9H,2-5,17H2,1H3,(H2,18,22)(H,19,28)(H,20,29)(H,21,27)(H,23,24)(H,25,26)(H,30,31). The summed E-state index contributed by atoms with van der Waals surface area (Å²) in [7, 11) is 0. The van der Waals surface area contributed by atoms with Crippen LogP contribution in [0.4, 0.5) is 0 Å². The van der Waals surface area contributed by atoms with Crippen molar-refractivity contribution in [2.24, 2.45) is 11.5 Å². The molecule has 0 aliphatic carbocycles. The van der Waals surface area contributed by atoms with Crippen LogP contribution in [-0.4, -0.2) is 81.0 Å². The molecule has 0 bridgehead atoms. The lowest BCUT2D eigenvalue weighted by molar-refractivity contribution is -0.143. The molecule has 174 valence electrons. The SMILES string of the molecule is CC(NC(=O)C(N)CC(=O)O)C(=O)NC(CC(=O)O)C(=O)NC(CCC(N)=O)C(=O)O. The number of nitrogens with one attached hydrogen (secondary N) is 3. The van der Waals surface area contributed by atoms with Crippen LogP contribution in [0.2, 0.25) is 0 Å². The number of carbonyl (C=O) groups excluding carboxylic acids is 4. The summed E-state index contributed by atoms with van der Waals surface area (Å²) < 4.78 is 0. The van der Waals surface area contributed by atoms with E-state index < -0.39 is 78.5 Å². The zero-order valence-electron chi connectivity index (χ0n) is 16.5. The number of amides is 4. The van der Waals surface area contributed by atoms with E-state index in [1.165, 1.54) is 6.92 Å². The molecule has 4 atom stereocenters. The first kappa shape index (κ1) is 27.2. The third-order valence-corrected chi connectivity index (χ3v) is 3.79. The lowest BCUT2D eigenvalue weighted by atomic mass is 10.1. The van der Waals surface area contributed by atoms with Crippen LogP contribution in [0.3, 0.4) is 0 Å². The van der Waals surface area contributed by atoms with E-state index in [-0.39, 0.29) is 12.8 Å². The van der Waals surface area contributed by atoms with Crippen molar-refractivity contribution in [1.82, 2.24) is 16.0 Å². The predicted octanol–water partition coefficient (Wildman–Crippen LogP) is -3.91. The molecule has 4 amide bonds. The largest absolute Gasteiger partial charge is 0.481 e. The Morgan fingerprint density at radius 1 is 0.774 bits per heavy atom. The maximum absolute atomic E-state index is 12.3. The van der Waals surface area contributed by atoms with Gasteiger partial charge in [-0.2, -0.15) is 0 Å². The minimum Gasteiger partial charge on any atom is -0.481 e. The van der Waals surface area contributed by atoms with E-state index in [1.54, 1.807) is 0 Å². The van der Waals surface area contributed by atoms with Crippen LogP contribution in [0.15, 0.2) is 0 Å². The lowest BCUT2D eigenvalue weighted by Gasteiger charge is -2.22. The summed E-state index contributed by atoms with van der Waals surface area (Å²) in [5.74, 6) is -8.31. The fourth-order valence-electron chi connectivity index (χ4n) is 2.16. The van der Waals surface area contributed by atoms with Gasteiger partial charge in [0.05, 0.1) is 18.9 Å². The van der Waals surface area contributed by atoms with Crippen molar-refractivity contribution >= 4 is 41.5 Å². The van der Waals surface area contributed by atoms with Gasteiger partial charge in [0.1, 0.15) is 18.1 Å². The highest BCUT2D eigenvalue weighted by Crippen LogP contribution is 2.02.